The summed E-state index contributed by atoms with van der Waals surface area (Å²) in [6.07, 6.45) is 1.77. The summed E-state index contributed by atoms with van der Waals surface area (Å²) in [4.78, 5) is 4.32. The van der Waals surface area contributed by atoms with Crippen molar-refractivity contribution in [2.45, 2.75) is 6.61 Å². The van der Waals surface area contributed by atoms with Crippen molar-refractivity contribution < 1.29 is 9.47 Å². The Bertz CT molecular complexity index is 766. The van der Waals surface area contributed by atoms with Crippen LogP contribution in [0.5, 0.6) is 11.5 Å². The normalized spacial score (nSPS) is 10.5. The highest BCUT2D eigenvalue weighted by molar-refractivity contribution is 5.84. The van der Waals surface area contributed by atoms with Crippen molar-refractivity contribution in [3.05, 3.63) is 60.3 Å². The third kappa shape index (κ3) is 2.89. The Balaban J connectivity index is 1.85. The van der Waals surface area contributed by atoms with Gasteiger partial charge in [0, 0.05) is 23.3 Å². The first kappa shape index (κ1) is 13.2. The molecule has 1 heterocycles. The molecule has 0 aliphatic heterocycles. The molecule has 2 aromatic carbocycles. The SMILES string of the molecule is COc1cc(N)cc(COc2cccc3ncccc23)c1. The van der Waals surface area contributed by atoms with Gasteiger partial charge < -0.3 is 15.2 Å². The number of ether oxygens (including phenoxy) is 2. The van der Waals surface area contributed by atoms with Crippen molar-refractivity contribution in [2.75, 3.05) is 12.8 Å². The van der Waals surface area contributed by atoms with Crippen molar-refractivity contribution in [3.8, 4) is 11.5 Å². The molecule has 2 N–H and O–H groups in total. The van der Waals surface area contributed by atoms with Crippen LogP contribution < -0.4 is 15.2 Å². The second kappa shape index (κ2) is 5.71. The molecule has 3 rings (SSSR count). The van der Waals surface area contributed by atoms with Crippen LogP contribution in [0.25, 0.3) is 10.9 Å². The maximum absolute atomic E-state index is 5.91. The van der Waals surface area contributed by atoms with Crippen LogP contribution in [0.2, 0.25) is 0 Å². The average molecular weight is 280 g/mol. The molecule has 1 aromatic heterocycles. The van der Waals surface area contributed by atoms with Gasteiger partial charge >= 0.3 is 0 Å². The van der Waals surface area contributed by atoms with Gasteiger partial charge in [0.2, 0.25) is 0 Å². The van der Waals surface area contributed by atoms with Crippen molar-refractivity contribution in [3.63, 3.8) is 0 Å². The van der Waals surface area contributed by atoms with E-state index in [0.29, 0.717) is 12.3 Å². The Labute approximate surface area is 123 Å². The second-order valence-corrected chi connectivity index (χ2v) is 4.73. The molecule has 0 aliphatic rings. The van der Waals surface area contributed by atoms with Crippen LogP contribution in [0.1, 0.15) is 5.56 Å². The van der Waals surface area contributed by atoms with Crippen molar-refractivity contribution in [1.29, 1.82) is 0 Å². The van der Waals surface area contributed by atoms with Crippen LogP contribution in [-0.2, 0) is 6.61 Å². The average Bonchev–Trinajstić information content (AvgIpc) is 2.52. The largest absolute Gasteiger partial charge is 0.497 e. The van der Waals surface area contributed by atoms with Gasteiger partial charge in [0.05, 0.1) is 12.6 Å². The number of pyridine rings is 1. The van der Waals surface area contributed by atoms with E-state index in [0.717, 1.165) is 28.0 Å². The highest BCUT2D eigenvalue weighted by Crippen LogP contribution is 2.25. The summed E-state index contributed by atoms with van der Waals surface area (Å²) in [5.74, 6) is 1.54. The molecular formula is C17H16N2O2. The summed E-state index contributed by atoms with van der Waals surface area (Å²) in [6, 6.07) is 15.3. The molecule has 0 bridgehead atoms. The minimum absolute atomic E-state index is 0.426. The second-order valence-electron chi connectivity index (χ2n) is 4.73. The summed E-state index contributed by atoms with van der Waals surface area (Å²) in [7, 11) is 1.62. The van der Waals surface area contributed by atoms with Gasteiger partial charge in [-0.2, -0.15) is 0 Å². The summed E-state index contributed by atoms with van der Waals surface area (Å²) in [5.41, 5.74) is 8.39. The number of hydrogen-bond acceptors (Lipinski definition) is 4. The Morgan fingerprint density at radius 2 is 2.00 bits per heavy atom. The van der Waals surface area contributed by atoms with Crippen LogP contribution in [0, 0.1) is 0 Å². The smallest absolute Gasteiger partial charge is 0.129 e. The Hall–Kier alpha value is -2.75. The predicted molar refractivity (Wildman–Crippen MR) is 83.5 cm³/mol. The van der Waals surface area contributed by atoms with Crippen LogP contribution in [0.3, 0.4) is 0 Å². The molecule has 0 spiro atoms. The molecule has 106 valence electrons. The molecule has 0 aliphatic carbocycles. The summed E-state index contributed by atoms with van der Waals surface area (Å²) in [6.45, 7) is 0.426. The van der Waals surface area contributed by atoms with Gasteiger partial charge in [0.25, 0.3) is 0 Å². The Kier molecular flexibility index (Phi) is 3.60. The number of methoxy groups -OCH3 is 1. The first-order chi connectivity index (χ1) is 10.3. The van der Waals surface area contributed by atoms with Crippen LogP contribution in [0.4, 0.5) is 5.69 Å². The van der Waals surface area contributed by atoms with Crippen molar-refractivity contribution in [2.24, 2.45) is 0 Å². The Morgan fingerprint density at radius 3 is 2.86 bits per heavy atom. The summed E-state index contributed by atoms with van der Waals surface area (Å²) in [5, 5.41) is 0.996. The number of anilines is 1. The minimum Gasteiger partial charge on any atom is -0.497 e. The maximum atomic E-state index is 5.91. The van der Waals surface area contributed by atoms with E-state index in [1.54, 1.807) is 19.4 Å². The minimum atomic E-state index is 0.426. The topological polar surface area (TPSA) is 57.4 Å². The van der Waals surface area contributed by atoms with Gasteiger partial charge in [0.15, 0.2) is 0 Å². The quantitative estimate of drug-likeness (QED) is 0.744. The Morgan fingerprint density at radius 1 is 1.10 bits per heavy atom. The third-order valence-electron chi connectivity index (χ3n) is 3.22. The van der Waals surface area contributed by atoms with E-state index < -0.39 is 0 Å². The number of benzene rings is 2. The lowest BCUT2D eigenvalue weighted by Gasteiger charge is -2.10. The van der Waals surface area contributed by atoms with Gasteiger partial charge in [-0.15, -0.1) is 0 Å². The molecule has 0 saturated carbocycles. The summed E-state index contributed by atoms with van der Waals surface area (Å²) >= 11 is 0. The number of rotatable bonds is 4. The maximum Gasteiger partial charge on any atom is 0.129 e. The van der Waals surface area contributed by atoms with E-state index in [4.69, 9.17) is 15.2 Å². The van der Waals surface area contributed by atoms with E-state index >= 15 is 0 Å². The molecule has 3 aromatic rings. The first-order valence-corrected chi connectivity index (χ1v) is 6.66. The van der Waals surface area contributed by atoms with Crippen LogP contribution in [0.15, 0.2) is 54.7 Å². The fourth-order valence-electron chi connectivity index (χ4n) is 2.25. The van der Waals surface area contributed by atoms with Crippen LogP contribution in [-0.4, -0.2) is 12.1 Å². The van der Waals surface area contributed by atoms with E-state index in [1.807, 2.05) is 42.5 Å². The van der Waals surface area contributed by atoms with Gasteiger partial charge in [-0.1, -0.05) is 6.07 Å². The van der Waals surface area contributed by atoms with Gasteiger partial charge in [-0.3, -0.25) is 4.98 Å². The zero-order chi connectivity index (χ0) is 14.7. The lowest BCUT2D eigenvalue weighted by Crippen LogP contribution is -1.98. The number of fused-ring (bicyclic) bond motifs is 1. The lowest BCUT2D eigenvalue weighted by atomic mass is 10.2. The standard InChI is InChI=1S/C17H16N2O2/c1-20-14-9-12(8-13(18)10-14)11-21-17-6-2-5-16-15(17)4-3-7-19-16/h2-10H,11,18H2,1H3. The molecule has 0 fully saturated rings. The van der Waals surface area contributed by atoms with Gasteiger partial charge in [0.1, 0.15) is 18.1 Å². The van der Waals surface area contributed by atoms with Gasteiger partial charge in [-0.05, 0) is 42.0 Å². The molecule has 0 radical (unpaired) electrons. The van der Waals surface area contributed by atoms with Crippen molar-refractivity contribution >= 4 is 16.6 Å². The van der Waals surface area contributed by atoms with E-state index in [-0.39, 0.29) is 0 Å². The monoisotopic (exact) mass is 280 g/mol. The molecule has 4 nitrogen and oxygen atoms in total. The highest BCUT2D eigenvalue weighted by atomic mass is 16.5. The number of hydrogen-bond donors (Lipinski definition) is 1. The first-order valence-electron chi connectivity index (χ1n) is 6.66. The van der Waals surface area contributed by atoms with Crippen LogP contribution >= 0.6 is 0 Å². The molecule has 0 saturated heterocycles. The molecule has 0 unspecified atom stereocenters. The van der Waals surface area contributed by atoms with E-state index in [1.165, 1.54) is 0 Å². The molecular weight excluding hydrogens is 264 g/mol. The predicted octanol–water partition coefficient (Wildman–Crippen LogP) is 3.40. The fraction of sp³-hybridized carbons (Fsp3) is 0.118. The zero-order valence-electron chi connectivity index (χ0n) is 11.7. The number of nitrogen functional groups attached to an aromatic ring is 1. The number of nitrogens with two attached hydrogens (primary N) is 1. The molecule has 0 amide bonds. The third-order valence-corrected chi connectivity index (χ3v) is 3.22. The number of aromatic nitrogens is 1. The lowest BCUT2D eigenvalue weighted by molar-refractivity contribution is 0.309. The molecule has 0 atom stereocenters. The summed E-state index contributed by atoms with van der Waals surface area (Å²) < 4.78 is 11.1. The number of nitrogens with zero attached hydrogens (tertiary/aromatic N) is 1. The zero-order valence-corrected chi connectivity index (χ0v) is 11.7. The molecule has 4 heteroatoms. The fourth-order valence-corrected chi connectivity index (χ4v) is 2.25. The van der Waals surface area contributed by atoms with E-state index in [9.17, 15) is 0 Å². The van der Waals surface area contributed by atoms with Crippen molar-refractivity contribution in [1.82, 2.24) is 4.98 Å². The highest BCUT2D eigenvalue weighted by Gasteiger charge is 2.04. The van der Waals surface area contributed by atoms with Gasteiger partial charge in [-0.25, -0.2) is 0 Å². The molecule has 21 heavy (non-hydrogen) atoms. The van der Waals surface area contributed by atoms with E-state index in [2.05, 4.69) is 4.98 Å².